The average molecular weight is 284 g/mol. The second kappa shape index (κ2) is 4.81. The lowest BCUT2D eigenvalue weighted by Gasteiger charge is -2.09. The third-order valence-corrected chi connectivity index (χ3v) is 2.97. The van der Waals surface area contributed by atoms with Crippen LogP contribution in [0.4, 0.5) is 19.0 Å². The highest BCUT2D eigenvalue weighted by molar-refractivity contribution is 5.70. The van der Waals surface area contributed by atoms with Gasteiger partial charge in [0, 0.05) is 17.0 Å². The third kappa shape index (κ3) is 2.92. The van der Waals surface area contributed by atoms with Crippen molar-refractivity contribution in [2.45, 2.75) is 33.5 Å². The number of pyridine rings is 1. The van der Waals surface area contributed by atoms with E-state index in [1.54, 1.807) is 32.9 Å². The first kappa shape index (κ1) is 14.4. The fraction of sp³-hybridized carbons (Fsp3) is 0.385. The Kier molecular flexibility index (Phi) is 3.45. The lowest BCUT2D eigenvalue weighted by Crippen LogP contribution is -2.19. The molecule has 2 aromatic rings. The zero-order valence-corrected chi connectivity index (χ0v) is 11.4. The molecule has 0 atom stereocenters. The number of nitrogens with two attached hydrogens (primary N) is 1. The molecular formula is C13H15F3N4. The van der Waals surface area contributed by atoms with Gasteiger partial charge in [-0.2, -0.15) is 18.3 Å². The van der Waals surface area contributed by atoms with Gasteiger partial charge in [-0.1, -0.05) is 0 Å². The summed E-state index contributed by atoms with van der Waals surface area (Å²) in [5, 5.41) is 3.97. The Hall–Kier alpha value is -2.05. The first-order valence-electron chi connectivity index (χ1n) is 6.02. The number of rotatable bonds is 2. The van der Waals surface area contributed by atoms with Gasteiger partial charge in [-0.3, -0.25) is 4.68 Å². The van der Waals surface area contributed by atoms with Crippen molar-refractivity contribution in [2.75, 3.05) is 5.73 Å². The zero-order valence-electron chi connectivity index (χ0n) is 11.4. The van der Waals surface area contributed by atoms with Crippen molar-refractivity contribution in [2.24, 2.45) is 0 Å². The minimum absolute atomic E-state index is 0.336. The Morgan fingerprint density at radius 3 is 2.40 bits per heavy atom. The molecule has 0 amide bonds. The molecule has 108 valence electrons. The molecule has 0 aliphatic carbocycles. The van der Waals surface area contributed by atoms with E-state index in [-0.39, 0.29) is 0 Å². The van der Waals surface area contributed by atoms with E-state index in [0.29, 0.717) is 28.5 Å². The number of nitrogens with zero attached hydrogens (tertiary/aromatic N) is 3. The van der Waals surface area contributed by atoms with Gasteiger partial charge in [0.25, 0.3) is 0 Å². The molecule has 2 heterocycles. The maximum absolute atomic E-state index is 12.5. The van der Waals surface area contributed by atoms with E-state index in [9.17, 15) is 13.2 Å². The van der Waals surface area contributed by atoms with E-state index in [2.05, 4.69) is 10.1 Å². The first-order valence-corrected chi connectivity index (χ1v) is 6.02. The standard InChI is InChI=1S/C13H15F3N4/c1-7-4-10(5-11(17)18-7)12-8(2)19-20(9(12)3)6-13(14,15)16/h4-5H,6H2,1-3H3,(H2,17,18). The summed E-state index contributed by atoms with van der Waals surface area (Å²) in [5.41, 5.74) is 8.81. The lowest BCUT2D eigenvalue weighted by molar-refractivity contribution is -0.142. The van der Waals surface area contributed by atoms with Gasteiger partial charge in [0.2, 0.25) is 0 Å². The van der Waals surface area contributed by atoms with Crippen molar-refractivity contribution in [1.29, 1.82) is 0 Å². The molecule has 0 spiro atoms. The topological polar surface area (TPSA) is 56.7 Å². The van der Waals surface area contributed by atoms with Crippen LogP contribution in [0.1, 0.15) is 17.1 Å². The van der Waals surface area contributed by atoms with Gasteiger partial charge in [-0.15, -0.1) is 0 Å². The molecule has 0 saturated carbocycles. The number of alkyl halides is 3. The lowest BCUT2D eigenvalue weighted by atomic mass is 10.0. The normalized spacial score (nSPS) is 11.9. The Morgan fingerprint density at radius 2 is 1.85 bits per heavy atom. The number of halogens is 3. The fourth-order valence-electron chi connectivity index (χ4n) is 2.28. The maximum Gasteiger partial charge on any atom is 0.408 e. The van der Waals surface area contributed by atoms with Crippen LogP contribution in [-0.2, 0) is 6.54 Å². The van der Waals surface area contributed by atoms with Crippen LogP contribution in [0.25, 0.3) is 11.1 Å². The molecule has 2 rings (SSSR count). The molecule has 0 aliphatic rings. The molecule has 2 N–H and O–H groups in total. The highest BCUT2D eigenvalue weighted by Gasteiger charge is 2.30. The highest BCUT2D eigenvalue weighted by Crippen LogP contribution is 2.30. The van der Waals surface area contributed by atoms with E-state index < -0.39 is 12.7 Å². The Bertz CT molecular complexity index is 624. The highest BCUT2D eigenvalue weighted by atomic mass is 19.4. The molecular weight excluding hydrogens is 269 g/mol. The average Bonchev–Trinajstić information content (AvgIpc) is 2.50. The summed E-state index contributed by atoms with van der Waals surface area (Å²) in [5.74, 6) is 0.336. The SMILES string of the molecule is Cc1cc(-c2c(C)nn(CC(F)(F)F)c2C)cc(N)n1. The first-order chi connectivity index (χ1) is 9.17. The molecule has 0 fully saturated rings. The molecule has 0 radical (unpaired) electrons. The van der Waals surface area contributed by atoms with Crippen molar-refractivity contribution >= 4 is 5.82 Å². The number of hydrogen-bond acceptors (Lipinski definition) is 3. The van der Waals surface area contributed by atoms with Crippen molar-refractivity contribution in [3.63, 3.8) is 0 Å². The quantitative estimate of drug-likeness (QED) is 0.922. The van der Waals surface area contributed by atoms with E-state index in [4.69, 9.17) is 5.73 Å². The van der Waals surface area contributed by atoms with Gasteiger partial charge < -0.3 is 5.73 Å². The van der Waals surface area contributed by atoms with Crippen LogP contribution in [-0.4, -0.2) is 20.9 Å². The van der Waals surface area contributed by atoms with Gasteiger partial charge in [0.15, 0.2) is 0 Å². The second-order valence-electron chi connectivity index (χ2n) is 4.74. The van der Waals surface area contributed by atoms with Crippen molar-refractivity contribution in [3.05, 3.63) is 29.2 Å². The van der Waals surface area contributed by atoms with Crippen LogP contribution in [0.3, 0.4) is 0 Å². The summed E-state index contributed by atoms with van der Waals surface area (Å²) in [4.78, 5) is 4.06. The molecule has 4 nitrogen and oxygen atoms in total. The van der Waals surface area contributed by atoms with E-state index >= 15 is 0 Å². The number of nitrogen functional groups attached to an aromatic ring is 1. The summed E-state index contributed by atoms with van der Waals surface area (Å²) in [6.45, 7) is 3.98. The van der Waals surface area contributed by atoms with Crippen LogP contribution >= 0.6 is 0 Å². The van der Waals surface area contributed by atoms with E-state index in [1.165, 1.54) is 0 Å². The number of hydrogen-bond donors (Lipinski definition) is 1. The van der Waals surface area contributed by atoms with Crippen molar-refractivity contribution in [3.8, 4) is 11.1 Å². The monoisotopic (exact) mass is 284 g/mol. The Balaban J connectivity index is 2.52. The molecule has 0 saturated heterocycles. The van der Waals surface area contributed by atoms with E-state index in [0.717, 1.165) is 10.2 Å². The van der Waals surface area contributed by atoms with Crippen LogP contribution in [0.2, 0.25) is 0 Å². The van der Waals surface area contributed by atoms with Crippen molar-refractivity contribution < 1.29 is 13.2 Å². The predicted molar refractivity (Wildman–Crippen MR) is 70.1 cm³/mol. The van der Waals surface area contributed by atoms with Gasteiger partial charge in [0.1, 0.15) is 12.4 Å². The number of anilines is 1. The minimum atomic E-state index is -4.30. The van der Waals surface area contributed by atoms with Gasteiger partial charge in [0.05, 0.1) is 5.69 Å². The van der Waals surface area contributed by atoms with Gasteiger partial charge >= 0.3 is 6.18 Å². The fourth-order valence-corrected chi connectivity index (χ4v) is 2.28. The summed E-state index contributed by atoms with van der Waals surface area (Å²) in [6.07, 6.45) is -4.30. The molecule has 7 heteroatoms. The summed E-state index contributed by atoms with van der Waals surface area (Å²) >= 11 is 0. The summed E-state index contributed by atoms with van der Waals surface area (Å²) in [6, 6.07) is 3.42. The maximum atomic E-state index is 12.5. The molecule has 0 aliphatic heterocycles. The number of aromatic nitrogens is 3. The smallest absolute Gasteiger partial charge is 0.384 e. The zero-order chi connectivity index (χ0) is 15.1. The molecule has 0 aromatic carbocycles. The summed E-state index contributed by atoms with van der Waals surface area (Å²) in [7, 11) is 0. The van der Waals surface area contributed by atoms with Gasteiger partial charge in [-0.25, -0.2) is 4.98 Å². The van der Waals surface area contributed by atoms with Crippen LogP contribution in [0.15, 0.2) is 12.1 Å². The molecule has 0 unspecified atom stereocenters. The Morgan fingerprint density at radius 1 is 1.20 bits per heavy atom. The Labute approximate surface area is 114 Å². The third-order valence-electron chi connectivity index (χ3n) is 2.97. The molecule has 0 bridgehead atoms. The largest absolute Gasteiger partial charge is 0.408 e. The van der Waals surface area contributed by atoms with Crippen LogP contribution < -0.4 is 5.73 Å². The summed E-state index contributed by atoms with van der Waals surface area (Å²) < 4.78 is 38.5. The molecule has 20 heavy (non-hydrogen) atoms. The van der Waals surface area contributed by atoms with Crippen LogP contribution in [0, 0.1) is 20.8 Å². The predicted octanol–water partition coefficient (Wildman–Crippen LogP) is 3.01. The van der Waals surface area contributed by atoms with E-state index in [1.807, 2.05) is 0 Å². The molecule has 2 aromatic heterocycles. The second-order valence-corrected chi connectivity index (χ2v) is 4.74. The number of aryl methyl sites for hydroxylation is 2. The van der Waals surface area contributed by atoms with Crippen LogP contribution in [0.5, 0.6) is 0 Å². The van der Waals surface area contributed by atoms with Crippen molar-refractivity contribution in [1.82, 2.24) is 14.8 Å². The van der Waals surface area contributed by atoms with Gasteiger partial charge in [-0.05, 0) is 38.5 Å². The minimum Gasteiger partial charge on any atom is -0.384 e.